The molecule has 0 aliphatic carbocycles. The summed E-state index contributed by atoms with van der Waals surface area (Å²) in [6.07, 6.45) is 2.83. The molecule has 0 amide bonds. The van der Waals surface area contributed by atoms with Crippen LogP contribution in [0.5, 0.6) is 0 Å². The molecule has 9 heteroatoms. The number of hydrogen-bond acceptors (Lipinski definition) is 7. The Labute approximate surface area is 176 Å². The number of benzene rings is 2. The van der Waals surface area contributed by atoms with Crippen LogP contribution in [0.15, 0.2) is 78.6 Å². The molecule has 1 heterocycles. The number of aromatic nitrogens is 2. The Kier molecular flexibility index (Phi) is 6.46. The topological polar surface area (TPSA) is 121 Å². The molecule has 2 aromatic carbocycles. The zero-order valence-corrected chi connectivity index (χ0v) is 16.4. The van der Waals surface area contributed by atoms with E-state index in [-0.39, 0.29) is 29.1 Å². The lowest BCUT2D eigenvalue weighted by atomic mass is 9.97. The minimum atomic E-state index is -0.999. The first-order chi connectivity index (χ1) is 14.9. The van der Waals surface area contributed by atoms with Crippen LogP contribution in [0.4, 0.5) is 5.69 Å². The number of carbonyl (C=O) groups excluding carboxylic acids is 3. The van der Waals surface area contributed by atoms with Crippen molar-refractivity contribution in [3.8, 4) is 0 Å². The third-order valence-electron chi connectivity index (χ3n) is 4.27. The second kappa shape index (κ2) is 9.40. The molecule has 0 unspecified atom stereocenters. The average Bonchev–Trinajstić information content (AvgIpc) is 3.31. The molecule has 1 aromatic heterocycles. The van der Waals surface area contributed by atoms with Crippen molar-refractivity contribution in [2.45, 2.75) is 6.92 Å². The quantitative estimate of drug-likeness (QED) is 0.104. The van der Waals surface area contributed by atoms with Gasteiger partial charge < -0.3 is 4.74 Å². The molecule has 9 nitrogen and oxygen atoms in total. The van der Waals surface area contributed by atoms with Gasteiger partial charge in [0.1, 0.15) is 11.3 Å². The van der Waals surface area contributed by atoms with Crippen LogP contribution in [-0.4, -0.2) is 38.8 Å². The van der Waals surface area contributed by atoms with Gasteiger partial charge in [-0.05, 0) is 25.1 Å². The Hall–Kier alpha value is -4.40. The van der Waals surface area contributed by atoms with Gasteiger partial charge in [-0.25, -0.2) is 9.48 Å². The number of ether oxygens (including phenoxy) is 1. The number of esters is 1. The molecular formula is C22H17N3O6. The van der Waals surface area contributed by atoms with E-state index in [9.17, 15) is 24.5 Å². The molecular weight excluding hydrogens is 402 g/mol. The molecule has 0 bridgehead atoms. The third-order valence-corrected chi connectivity index (χ3v) is 4.27. The van der Waals surface area contributed by atoms with Gasteiger partial charge in [0.25, 0.3) is 5.69 Å². The third kappa shape index (κ3) is 4.61. The Balaban J connectivity index is 2.22. The number of ketones is 2. The number of rotatable bonds is 8. The lowest BCUT2D eigenvalue weighted by molar-refractivity contribution is -0.384. The van der Waals surface area contributed by atoms with Crippen molar-refractivity contribution >= 4 is 28.9 Å². The fourth-order valence-electron chi connectivity index (χ4n) is 2.84. The van der Waals surface area contributed by atoms with E-state index in [0.29, 0.717) is 0 Å². The molecule has 0 saturated heterocycles. The van der Waals surface area contributed by atoms with Crippen LogP contribution < -0.4 is 0 Å². The van der Waals surface area contributed by atoms with Crippen molar-refractivity contribution in [3.63, 3.8) is 0 Å². The largest absolute Gasteiger partial charge is 0.462 e. The van der Waals surface area contributed by atoms with Crippen molar-refractivity contribution in [2.75, 3.05) is 6.61 Å². The Bertz CT molecular complexity index is 1150. The number of carbonyl (C=O) groups is 3. The molecule has 0 aliphatic heterocycles. The van der Waals surface area contributed by atoms with Gasteiger partial charge >= 0.3 is 5.97 Å². The van der Waals surface area contributed by atoms with Crippen molar-refractivity contribution in [2.24, 2.45) is 0 Å². The predicted octanol–water partition coefficient (Wildman–Crippen LogP) is 3.33. The number of Topliss-reactive ketones (excluding diaryl/α,β-unsaturated/α-hetero) is 2. The first kappa shape index (κ1) is 21.3. The zero-order chi connectivity index (χ0) is 22.4. The Morgan fingerprint density at radius 1 is 0.968 bits per heavy atom. The van der Waals surface area contributed by atoms with Crippen LogP contribution in [0.2, 0.25) is 0 Å². The van der Waals surface area contributed by atoms with Gasteiger partial charge in [-0.2, -0.15) is 5.10 Å². The van der Waals surface area contributed by atoms with E-state index in [1.54, 1.807) is 37.3 Å². The van der Waals surface area contributed by atoms with Crippen LogP contribution in [0.25, 0.3) is 5.70 Å². The highest BCUT2D eigenvalue weighted by atomic mass is 16.6. The van der Waals surface area contributed by atoms with E-state index in [1.807, 2.05) is 0 Å². The summed E-state index contributed by atoms with van der Waals surface area (Å²) in [5.41, 5.74) is -0.789. The van der Waals surface area contributed by atoms with E-state index in [2.05, 4.69) is 5.10 Å². The molecule has 0 saturated carbocycles. The van der Waals surface area contributed by atoms with Crippen molar-refractivity contribution in [1.82, 2.24) is 9.78 Å². The number of allylic oxidation sites excluding steroid dienone is 1. The first-order valence-electron chi connectivity index (χ1n) is 9.24. The van der Waals surface area contributed by atoms with E-state index in [1.165, 1.54) is 30.6 Å². The molecule has 31 heavy (non-hydrogen) atoms. The van der Waals surface area contributed by atoms with E-state index < -0.39 is 28.0 Å². The van der Waals surface area contributed by atoms with E-state index in [4.69, 9.17) is 4.74 Å². The van der Waals surface area contributed by atoms with Gasteiger partial charge in [0.05, 0.1) is 11.5 Å². The summed E-state index contributed by atoms with van der Waals surface area (Å²) in [7, 11) is 0. The fraction of sp³-hybridized carbons (Fsp3) is 0.0909. The van der Waals surface area contributed by atoms with Gasteiger partial charge in [-0.1, -0.05) is 30.3 Å². The minimum absolute atomic E-state index is 0.0147. The van der Waals surface area contributed by atoms with Crippen molar-refractivity contribution in [3.05, 3.63) is 99.9 Å². The number of hydrogen-bond donors (Lipinski definition) is 0. The maximum absolute atomic E-state index is 13.3. The molecule has 0 radical (unpaired) electrons. The standard InChI is InChI=1S/C22H17N3O6/c1-2-31-22(28)18(20(26)16-9-11-17(12-10-16)25(29)30)19(24-14-6-13-23-24)21(27)15-7-4-3-5-8-15/h3-14H,2H2,1H3/b19-18+. The maximum atomic E-state index is 13.3. The summed E-state index contributed by atoms with van der Waals surface area (Å²) < 4.78 is 6.18. The molecule has 3 rings (SSSR count). The van der Waals surface area contributed by atoms with Crippen LogP contribution in [0.1, 0.15) is 27.6 Å². The molecule has 0 atom stereocenters. The summed E-state index contributed by atoms with van der Waals surface area (Å²) >= 11 is 0. The summed E-state index contributed by atoms with van der Waals surface area (Å²) in [5.74, 6) is -2.42. The molecule has 0 spiro atoms. The summed E-state index contributed by atoms with van der Waals surface area (Å²) in [6.45, 7) is 1.54. The summed E-state index contributed by atoms with van der Waals surface area (Å²) in [5, 5.41) is 14.9. The highest BCUT2D eigenvalue weighted by molar-refractivity contribution is 6.38. The van der Waals surface area contributed by atoms with Gasteiger partial charge in [-0.3, -0.25) is 19.7 Å². The van der Waals surface area contributed by atoms with Gasteiger partial charge in [-0.15, -0.1) is 0 Å². The van der Waals surface area contributed by atoms with Crippen LogP contribution >= 0.6 is 0 Å². The predicted molar refractivity (Wildman–Crippen MR) is 110 cm³/mol. The van der Waals surface area contributed by atoms with Gasteiger partial charge in [0.15, 0.2) is 0 Å². The van der Waals surface area contributed by atoms with Gasteiger partial charge in [0, 0.05) is 35.7 Å². The van der Waals surface area contributed by atoms with Crippen LogP contribution in [0, 0.1) is 10.1 Å². The molecule has 3 aromatic rings. The van der Waals surface area contributed by atoms with Crippen molar-refractivity contribution < 1.29 is 24.0 Å². The normalized spacial score (nSPS) is 11.4. The number of nitro groups is 1. The van der Waals surface area contributed by atoms with E-state index in [0.717, 1.165) is 16.8 Å². The summed E-state index contributed by atoms with van der Waals surface area (Å²) in [4.78, 5) is 49.7. The number of nitrogens with zero attached hydrogens (tertiary/aromatic N) is 3. The first-order valence-corrected chi connectivity index (χ1v) is 9.24. The zero-order valence-electron chi connectivity index (χ0n) is 16.4. The lowest BCUT2D eigenvalue weighted by Gasteiger charge is -2.14. The number of nitro benzene ring substituents is 1. The Morgan fingerprint density at radius 2 is 1.61 bits per heavy atom. The van der Waals surface area contributed by atoms with Crippen molar-refractivity contribution in [1.29, 1.82) is 0 Å². The SMILES string of the molecule is CCOC(=O)/C(C(=O)c1ccc([N+](=O)[O-])cc1)=C(\C(=O)c1ccccc1)n1cccn1. The second-order valence-corrected chi connectivity index (χ2v) is 6.22. The fourth-order valence-corrected chi connectivity index (χ4v) is 2.84. The second-order valence-electron chi connectivity index (χ2n) is 6.22. The van der Waals surface area contributed by atoms with Crippen LogP contribution in [-0.2, 0) is 9.53 Å². The number of non-ortho nitro benzene ring substituents is 1. The average molecular weight is 419 g/mol. The molecule has 0 aliphatic rings. The monoisotopic (exact) mass is 419 g/mol. The van der Waals surface area contributed by atoms with Gasteiger partial charge in [0.2, 0.25) is 11.6 Å². The minimum Gasteiger partial charge on any atom is -0.462 e. The lowest BCUT2D eigenvalue weighted by Crippen LogP contribution is -2.24. The maximum Gasteiger partial charge on any atom is 0.344 e. The van der Waals surface area contributed by atoms with E-state index >= 15 is 0 Å². The highest BCUT2D eigenvalue weighted by Crippen LogP contribution is 2.23. The van der Waals surface area contributed by atoms with Crippen LogP contribution in [0.3, 0.4) is 0 Å². The summed E-state index contributed by atoms with van der Waals surface area (Å²) in [6, 6.07) is 14.4. The molecule has 0 fully saturated rings. The molecule has 156 valence electrons. The highest BCUT2D eigenvalue weighted by Gasteiger charge is 2.31. The Morgan fingerprint density at radius 3 is 2.16 bits per heavy atom. The smallest absolute Gasteiger partial charge is 0.344 e. The molecule has 0 N–H and O–H groups in total.